The van der Waals surface area contributed by atoms with Gasteiger partial charge in [-0.2, -0.15) is 0 Å². The summed E-state index contributed by atoms with van der Waals surface area (Å²) >= 11 is 0. The summed E-state index contributed by atoms with van der Waals surface area (Å²) in [4.78, 5) is 23.1. The summed E-state index contributed by atoms with van der Waals surface area (Å²) in [7, 11) is 1.80. The molecule has 0 atom stereocenters. The normalized spacial score (nSPS) is 10.0. The van der Waals surface area contributed by atoms with E-state index >= 15 is 0 Å². The molecule has 1 aromatic carbocycles. The minimum Gasteiger partial charge on any atom is -0.354 e. The number of amides is 2. The zero-order chi connectivity index (χ0) is 14.1. The monoisotopic (exact) mass is 263 g/mol. The van der Waals surface area contributed by atoms with Crippen LogP contribution in [0, 0.1) is 6.92 Å². The van der Waals surface area contributed by atoms with Gasteiger partial charge < -0.3 is 16.0 Å². The van der Waals surface area contributed by atoms with Gasteiger partial charge in [-0.25, -0.2) is 0 Å². The molecule has 19 heavy (non-hydrogen) atoms. The Morgan fingerprint density at radius 1 is 1.11 bits per heavy atom. The predicted molar refractivity (Wildman–Crippen MR) is 75.1 cm³/mol. The summed E-state index contributed by atoms with van der Waals surface area (Å²) in [6.07, 6.45) is 0.447. The van der Waals surface area contributed by atoms with Crippen LogP contribution in [0.25, 0.3) is 0 Å². The Hall–Kier alpha value is -1.88. The highest BCUT2D eigenvalue weighted by Gasteiger charge is 2.04. The Morgan fingerprint density at radius 2 is 1.84 bits per heavy atom. The van der Waals surface area contributed by atoms with E-state index in [0.717, 1.165) is 5.56 Å². The third-order valence-electron chi connectivity index (χ3n) is 2.62. The number of benzene rings is 1. The molecule has 0 radical (unpaired) electrons. The molecule has 104 valence electrons. The maximum atomic E-state index is 11.8. The van der Waals surface area contributed by atoms with Crippen LogP contribution < -0.4 is 16.0 Å². The van der Waals surface area contributed by atoms with E-state index in [0.29, 0.717) is 31.6 Å². The second kappa shape index (κ2) is 8.26. The summed E-state index contributed by atoms with van der Waals surface area (Å²) < 4.78 is 0. The number of hydrogen-bond acceptors (Lipinski definition) is 3. The van der Waals surface area contributed by atoms with Gasteiger partial charge in [0.2, 0.25) is 5.91 Å². The molecule has 2 amide bonds. The molecule has 0 heterocycles. The molecule has 5 nitrogen and oxygen atoms in total. The minimum atomic E-state index is -0.117. The molecule has 0 aromatic heterocycles. The Bertz CT molecular complexity index is 432. The fourth-order valence-corrected chi connectivity index (χ4v) is 1.59. The van der Waals surface area contributed by atoms with E-state index in [1.54, 1.807) is 13.1 Å². The Kier molecular flexibility index (Phi) is 6.60. The molecule has 1 rings (SSSR count). The summed E-state index contributed by atoms with van der Waals surface area (Å²) in [6, 6.07) is 7.40. The third-order valence-corrected chi connectivity index (χ3v) is 2.62. The lowest BCUT2D eigenvalue weighted by atomic mass is 10.1. The van der Waals surface area contributed by atoms with Gasteiger partial charge >= 0.3 is 0 Å². The topological polar surface area (TPSA) is 70.2 Å². The number of carbonyl (C=O) groups is 2. The van der Waals surface area contributed by atoms with Crippen molar-refractivity contribution in [2.75, 3.05) is 26.7 Å². The lowest BCUT2D eigenvalue weighted by molar-refractivity contribution is -0.120. The molecular formula is C14H21N3O2. The van der Waals surface area contributed by atoms with Crippen molar-refractivity contribution < 1.29 is 9.59 Å². The molecule has 0 unspecified atom stereocenters. The maximum Gasteiger partial charge on any atom is 0.251 e. The van der Waals surface area contributed by atoms with E-state index in [2.05, 4.69) is 16.0 Å². The number of hydrogen-bond donors (Lipinski definition) is 3. The van der Waals surface area contributed by atoms with Crippen LogP contribution in [0.1, 0.15) is 22.3 Å². The quantitative estimate of drug-likeness (QED) is 0.626. The van der Waals surface area contributed by atoms with E-state index in [-0.39, 0.29) is 11.8 Å². The van der Waals surface area contributed by atoms with Crippen LogP contribution >= 0.6 is 0 Å². The first-order valence-electron chi connectivity index (χ1n) is 6.39. The SMILES string of the molecule is CNCCC(=O)NCCNC(=O)c1cccc(C)c1. The van der Waals surface area contributed by atoms with Crippen molar-refractivity contribution >= 4 is 11.8 Å². The molecule has 0 aliphatic heterocycles. The summed E-state index contributed by atoms with van der Waals surface area (Å²) in [5, 5.41) is 8.41. The number of rotatable bonds is 7. The standard InChI is InChI=1S/C14H21N3O2/c1-11-4-3-5-12(10-11)14(19)17-9-8-16-13(18)6-7-15-2/h3-5,10,15H,6-9H2,1-2H3,(H,16,18)(H,17,19). The zero-order valence-electron chi connectivity index (χ0n) is 11.5. The molecule has 0 bridgehead atoms. The van der Waals surface area contributed by atoms with Crippen molar-refractivity contribution in [3.63, 3.8) is 0 Å². The zero-order valence-corrected chi connectivity index (χ0v) is 11.5. The van der Waals surface area contributed by atoms with Gasteiger partial charge in [0.15, 0.2) is 0 Å². The molecule has 0 aliphatic rings. The Morgan fingerprint density at radius 3 is 2.53 bits per heavy atom. The van der Waals surface area contributed by atoms with E-state index < -0.39 is 0 Å². The van der Waals surface area contributed by atoms with E-state index in [1.807, 2.05) is 25.1 Å². The van der Waals surface area contributed by atoms with E-state index in [9.17, 15) is 9.59 Å². The average Bonchev–Trinajstić information content (AvgIpc) is 2.41. The highest BCUT2D eigenvalue weighted by atomic mass is 16.2. The molecular weight excluding hydrogens is 242 g/mol. The third kappa shape index (κ3) is 6.01. The highest BCUT2D eigenvalue weighted by Crippen LogP contribution is 2.03. The van der Waals surface area contributed by atoms with Crippen LogP contribution in [0.15, 0.2) is 24.3 Å². The van der Waals surface area contributed by atoms with Crippen molar-refractivity contribution in [1.82, 2.24) is 16.0 Å². The van der Waals surface area contributed by atoms with Crippen molar-refractivity contribution in [3.8, 4) is 0 Å². The smallest absolute Gasteiger partial charge is 0.251 e. The van der Waals surface area contributed by atoms with Crippen LogP contribution in [-0.2, 0) is 4.79 Å². The number of aryl methyl sites for hydroxylation is 1. The Balaban J connectivity index is 2.22. The minimum absolute atomic E-state index is 0.0147. The molecule has 0 saturated carbocycles. The van der Waals surface area contributed by atoms with Gasteiger partial charge in [-0.05, 0) is 26.1 Å². The van der Waals surface area contributed by atoms with Crippen molar-refractivity contribution in [2.24, 2.45) is 0 Å². The van der Waals surface area contributed by atoms with Crippen LogP contribution in [0.2, 0.25) is 0 Å². The molecule has 1 aromatic rings. The largest absolute Gasteiger partial charge is 0.354 e. The fraction of sp³-hybridized carbons (Fsp3) is 0.429. The van der Waals surface area contributed by atoms with Crippen LogP contribution in [-0.4, -0.2) is 38.5 Å². The van der Waals surface area contributed by atoms with Gasteiger partial charge in [0, 0.05) is 31.6 Å². The van der Waals surface area contributed by atoms with Gasteiger partial charge in [-0.3, -0.25) is 9.59 Å². The second-order valence-corrected chi connectivity index (χ2v) is 4.33. The molecule has 0 fully saturated rings. The summed E-state index contributed by atoms with van der Waals surface area (Å²) in [5.41, 5.74) is 1.69. The molecule has 5 heteroatoms. The fourth-order valence-electron chi connectivity index (χ4n) is 1.59. The van der Waals surface area contributed by atoms with Crippen LogP contribution in [0.3, 0.4) is 0 Å². The van der Waals surface area contributed by atoms with Gasteiger partial charge in [-0.15, -0.1) is 0 Å². The van der Waals surface area contributed by atoms with Crippen molar-refractivity contribution in [3.05, 3.63) is 35.4 Å². The maximum absolute atomic E-state index is 11.8. The first-order chi connectivity index (χ1) is 9.13. The molecule has 3 N–H and O–H groups in total. The summed E-state index contributed by atoms with van der Waals surface area (Å²) in [6.45, 7) is 3.47. The Labute approximate surface area is 113 Å². The molecule has 0 spiro atoms. The average molecular weight is 263 g/mol. The van der Waals surface area contributed by atoms with Crippen molar-refractivity contribution in [1.29, 1.82) is 0 Å². The molecule has 0 aliphatic carbocycles. The van der Waals surface area contributed by atoms with Crippen molar-refractivity contribution in [2.45, 2.75) is 13.3 Å². The number of nitrogens with one attached hydrogen (secondary N) is 3. The predicted octanol–water partition coefficient (Wildman–Crippen LogP) is 0.451. The van der Waals surface area contributed by atoms with Crippen LogP contribution in [0.4, 0.5) is 0 Å². The second-order valence-electron chi connectivity index (χ2n) is 4.33. The van der Waals surface area contributed by atoms with Gasteiger partial charge in [0.1, 0.15) is 0 Å². The first kappa shape index (κ1) is 15.2. The van der Waals surface area contributed by atoms with Gasteiger partial charge in [-0.1, -0.05) is 17.7 Å². The first-order valence-corrected chi connectivity index (χ1v) is 6.39. The highest BCUT2D eigenvalue weighted by molar-refractivity contribution is 5.94. The summed E-state index contributed by atoms with van der Waals surface area (Å²) in [5.74, 6) is -0.132. The van der Waals surface area contributed by atoms with E-state index in [1.165, 1.54) is 0 Å². The van der Waals surface area contributed by atoms with Gasteiger partial charge in [0.25, 0.3) is 5.91 Å². The number of carbonyl (C=O) groups excluding carboxylic acids is 2. The lowest BCUT2D eigenvalue weighted by Crippen LogP contribution is -2.35. The van der Waals surface area contributed by atoms with Crippen LogP contribution in [0.5, 0.6) is 0 Å². The molecule has 0 saturated heterocycles. The van der Waals surface area contributed by atoms with Gasteiger partial charge in [0.05, 0.1) is 0 Å². The van der Waals surface area contributed by atoms with E-state index in [4.69, 9.17) is 0 Å². The lowest BCUT2D eigenvalue weighted by Gasteiger charge is -2.07.